The predicted molar refractivity (Wildman–Crippen MR) is 77.6 cm³/mol. The summed E-state index contributed by atoms with van der Waals surface area (Å²) in [7, 11) is 0. The highest BCUT2D eigenvalue weighted by Gasteiger charge is 2.31. The van der Waals surface area contributed by atoms with Gasteiger partial charge in [-0.2, -0.15) is 13.2 Å². The van der Waals surface area contributed by atoms with Crippen LogP contribution in [-0.2, 0) is 10.9 Å². The third-order valence-electron chi connectivity index (χ3n) is 2.71. The molecule has 0 saturated heterocycles. The van der Waals surface area contributed by atoms with E-state index in [4.69, 9.17) is 4.74 Å². The monoisotopic (exact) mass is 305 g/mol. The molecule has 0 radical (unpaired) electrons. The summed E-state index contributed by atoms with van der Waals surface area (Å²) in [6.45, 7) is 5.90. The van der Waals surface area contributed by atoms with Crippen molar-refractivity contribution in [3.8, 4) is 0 Å². The number of ether oxygens (including phenoxy) is 1. The van der Waals surface area contributed by atoms with Gasteiger partial charge in [-0.3, -0.25) is 0 Å². The van der Waals surface area contributed by atoms with E-state index in [0.29, 0.717) is 26.3 Å². The van der Waals surface area contributed by atoms with Crippen molar-refractivity contribution < 1.29 is 17.9 Å². The van der Waals surface area contributed by atoms with Gasteiger partial charge in [0.2, 0.25) is 0 Å². The molecule has 0 fully saturated rings. The molecule has 0 atom stereocenters. The van der Waals surface area contributed by atoms with E-state index in [1.165, 1.54) is 0 Å². The van der Waals surface area contributed by atoms with Gasteiger partial charge in [0.15, 0.2) is 0 Å². The Kier molecular flexibility index (Phi) is 7.28. The molecule has 1 aromatic heterocycles. The van der Waals surface area contributed by atoms with Crippen molar-refractivity contribution in [3.63, 3.8) is 0 Å². The molecule has 1 heterocycles. The molecule has 0 saturated carbocycles. The second-order valence-corrected chi connectivity index (χ2v) is 4.55. The number of hydrogen-bond donors (Lipinski definition) is 2. The molecule has 0 spiro atoms. The van der Waals surface area contributed by atoms with Crippen molar-refractivity contribution in [3.05, 3.63) is 17.7 Å². The molecule has 0 aliphatic rings. The molecular weight excluding hydrogens is 283 g/mol. The molecule has 0 amide bonds. The number of pyridine rings is 1. The van der Waals surface area contributed by atoms with Crippen LogP contribution in [0.15, 0.2) is 12.1 Å². The highest BCUT2D eigenvalue weighted by Crippen LogP contribution is 2.31. The number of anilines is 2. The minimum absolute atomic E-state index is 0.194. The van der Waals surface area contributed by atoms with E-state index < -0.39 is 11.7 Å². The van der Waals surface area contributed by atoms with E-state index in [-0.39, 0.29) is 11.6 Å². The fourth-order valence-corrected chi connectivity index (χ4v) is 1.66. The Balaban J connectivity index is 2.61. The number of hydrogen-bond acceptors (Lipinski definition) is 4. The molecule has 0 bridgehead atoms. The third-order valence-corrected chi connectivity index (χ3v) is 2.71. The van der Waals surface area contributed by atoms with Gasteiger partial charge in [0.1, 0.15) is 11.6 Å². The highest BCUT2D eigenvalue weighted by atomic mass is 19.4. The molecule has 0 aromatic carbocycles. The van der Waals surface area contributed by atoms with Crippen LogP contribution in [-0.4, -0.2) is 31.3 Å². The summed E-state index contributed by atoms with van der Waals surface area (Å²) in [6.07, 6.45) is -2.36. The first-order chi connectivity index (χ1) is 9.97. The summed E-state index contributed by atoms with van der Waals surface area (Å²) in [5.41, 5.74) is -0.720. The van der Waals surface area contributed by atoms with Crippen LogP contribution in [0, 0.1) is 0 Å². The second-order valence-electron chi connectivity index (χ2n) is 4.55. The van der Waals surface area contributed by atoms with Gasteiger partial charge in [-0.1, -0.05) is 13.3 Å². The molecule has 2 N–H and O–H groups in total. The Labute approximate surface area is 123 Å². The number of alkyl halides is 3. The first kappa shape index (κ1) is 17.6. The normalized spacial score (nSPS) is 11.5. The Bertz CT molecular complexity index is 424. The zero-order valence-corrected chi connectivity index (χ0v) is 12.4. The van der Waals surface area contributed by atoms with E-state index in [1.54, 1.807) is 6.92 Å². The van der Waals surface area contributed by atoms with Crippen molar-refractivity contribution in [2.75, 3.05) is 36.9 Å². The van der Waals surface area contributed by atoms with Gasteiger partial charge in [0.25, 0.3) is 0 Å². The average molecular weight is 305 g/mol. The fraction of sp³-hybridized carbons (Fsp3) is 0.643. The standard InChI is InChI=1S/C14H22F3N3O/c1-3-5-7-21-8-6-19-13-10-11(14(15,16)17)9-12(20-13)18-4-2/h9-10H,3-8H2,1-2H3,(H2,18,19,20). The molecule has 21 heavy (non-hydrogen) atoms. The molecule has 0 aliphatic carbocycles. The Hall–Kier alpha value is -1.50. The van der Waals surface area contributed by atoms with Crippen LogP contribution in [0.25, 0.3) is 0 Å². The first-order valence-corrected chi connectivity index (χ1v) is 7.12. The van der Waals surface area contributed by atoms with Gasteiger partial charge >= 0.3 is 6.18 Å². The number of nitrogens with zero attached hydrogens (tertiary/aromatic N) is 1. The molecule has 120 valence electrons. The zero-order chi connectivity index (χ0) is 15.7. The number of aromatic nitrogens is 1. The molecule has 4 nitrogen and oxygen atoms in total. The Morgan fingerprint density at radius 1 is 1.10 bits per heavy atom. The lowest BCUT2D eigenvalue weighted by Gasteiger charge is -2.13. The lowest BCUT2D eigenvalue weighted by Crippen LogP contribution is -2.14. The van der Waals surface area contributed by atoms with Gasteiger partial charge in [-0.15, -0.1) is 0 Å². The summed E-state index contributed by atoms with van der Waals surface area (Å²) >= 11 is 0. The van der Waals surface area contributed by atoms with Gasteiger partial charge < -0.3 is 15.4 Å². The van der Waals surface area contributed by atoms with Crippen LogP contribution in [0.5, 0.6) is 0 Å². The summed E-state index contributed by atoms with van der Waals surface area (Å²) < 4.78 is 43.8. The van der Waals surface area contributed by atoms with Gasteiger partial charge in [0, 0.05) is 19.7 Å². The molecular formula is C14H22F3N3O. The molecule has 7 heteroatoms. The minimum atomic E-state index is -4.39. The fourth-order valence-electron chi connectivity index (χ4n) is 1.66. The van der Waals surface area contributed by atoms with Gasteiger partial charge in [-0.05, 0) is 25.5 Å². The number of unbranched alkanes of at least 4 members (excludes halogenated alkanes) is 1. The minimum Gasteiger partial charge on any atom is -0.380 e. The lowest BCUT2D eigenvalue weighted by atomic mass is 10.2. The van der Waals surface area contributed by atoms with Crippen LogP contribution >= 0.6 is 0 Å². The van der Waals surface area contributed by atoms with Crippen molar-refractivity contribution in [1.82, 2.24) is 4.98 Å². The molecule has 1 rings (SSSR count). The van der Waals surface area contributed by atoms with Crippen LogP contribution in [0.4, 0.5) is 24.8 Å². The maximum atomic E-state index is 12.8. The van der Waals surface area contributed by atoms with Crippen molar-refractivity contribution in [2.24, 2.45) is 0 Å². The summed E-state index contributed by atoms with van der Waals surface area (Å²) in [5, 5.41) is 5.65. The van der Waals surface area contributed by atoms with Crippen LogP contribution in [0.2, 0.25) is 0 Å². The third kappa shape index (κ3) is 6.66. The molecule has 1 aromatic rings. The lowest BCUT2D eigenvalue weighted by molar-refractivity contribution is -0.137. The largest absolute Gasteiger partial charge is 0.416 e. The Morgan fingerprint density at radius 3 is 2.33 bits per heavy atom. The van der Waals surface area contributed by atoms with E-state index in [2.05, 4.69) is 22.5 Å². The van der Waals surface area contributed by atoms with E-state index in [1.807, 2.05) is 0 Å². The average Bonchev–Trinajstić information content (AvgIpc) is 2.42. The summed E-state index contributed by atoms with van der Waals surface area (Å²) in [5.74, 6) is 0.404. The SMILES string of the molecule is CCCCOCCNc1cc(C(F)(F)F)cc(NCC)n1. The quantitative estimate of drug-likeness (QED) is 0.682. The number of rotatable bonds is 9. The maximum Gasteiger partial charge on any atom is 0.416 e. The van der Waals surface area contributed by atoms with Gasteiger partial charge in [-0.25, -0.2) is 4.98 Å². The zero-order valence-electron chi connectivity index (χ0n) is 12.4. The van der Waals surface area contributed by atoms with Gasteiger partial charge in [0.05, 0.1) is 12.2 Å². The van der Waals surface area contributed by atoms with Crippen molar-refractivity contribution >= 4 is 11.6 Å². The van der Waals surface area contributed by atoms with Crippen molar-refractivity contribution in [1.29, 1.82) is 0 Å². The summed E-state index contributed by atoms with van der Waals surface area (Å²) in [6, 6.07) is 2.01. The maximum absolute atomic E-state index is 12.8. The topological polar surface area (TPSA) is 46.2 Å². The van der Waals surface area contributed by atoms with E-state index in [9.17, 15) is 13.2 Å². The highest BCUT2D eigenvalue weighted by molar-refractivity contribution is 5.49. The van der Waals surface area contributed by atoms with E-state index in [0.717, 1.165) is 25.0 Å². The predicted octanol–water partition coefficient (Wildman–Crippen LogP) is 3.76. The number of halogens is 3. The van der Waals surface area contributed by atoms with E-state index >= 15 is 0 Å². The Morgan fingerprint density at radius 2 is 1.76 bits per heavy atom. The van der Waals surface area contributed by atoms with Crippen LogP contribution in [0.3, 0.4) is 0 Å². The second kappa shape index (κ2) is 8.71. The first-order valence-electron chi connectivity index (χ1n) is 7.12. The van der Waals surface area contributed by atoms with Crippen LogP contribution in [0.1, 0.15) is 32.3 Å². The smallest absolute Gasteiger partial charge is 0.380 e. The van der Waals surface area contributed by atoms with Crippen LogP contribution < -0.4 is 10.6 Å². The molecule has 0 aliphatic heterocycles. The summed E-state index contributed by atoms with van der Waals surface area (Å²) in [4.78, 5) is 4.09. The number of nitrogens with one attached hydrogen (secondary N) is 2. The molecule has 0 unspecified atom stereocenters. The van der Waals surface area contributed by atoms with Crippen molar-refractivity contribution in [2.45, 2.75) is 32.9 Å².